The Hall–Kier alpha value is -3.47. The summed E-state index contributed by atoms with van der Waals surface area (Å²) in [6.45, 7) is 8.65. The highest BCUT2D eigenvalue weighted by Crippen LogP contribution is 2.44. The summed E-state index contributed by atoms with van der Waals surface area (Å²) in [4.78, 5) is 18.1. The maximum absolute atomic E-state index is 13.3. The van der Waals surface area contributed by atoms with Crippen molar-refractivity contribution in [1.82, 2.24) is 14.8 Å². The molecule has 0 radical (unpaired) electrons. The van der Waals surface area contributed by atoms with Crippen LogP contribution in [-0.2, 0) is 21.9 Å². The predicted molar refractivity (Wildman–Crippen MR) is 173 cm³/mol. The molecule has 1 N–H and O–H groups in total. The van der Waals surface area contributed by atoms with Crippen molar-refractivity contribution in [3.8, 4) is 11.5 Å². The molecule has 1 aromatic heterocycles. The monoisotopic (exact) mass is 682 g/mol. The first-order valence-electron chi connectivity index (χ1n) is 13.9. The van der Waals surface area contributed by atoms with Crippen molar-refractivity contribution in [2.24, 2.45) is 0 Å². The van der Waals surface area contributed by atoms with Crippen LogP contribution in [0, 0.1) is 6.92 Å². The van der Waals surface area contributed by atoms with Crippen molar-refractivity contribution < 1.29 is 19.0 Å². The van der Waals surface area contributed by atoms with Crippen molar-refractivity contribution in [2.75, 3.05) is 18.5 Å². The first kappa shape index (κ1) is 31.0. The summed E-state index contributed by atoms with van der Waals surface area (Å²) in [7, 11) is 0. The van der Waals surface area contributed by atoms with Gasteiger partial charge in [0.25, 0.3) is 0 Å². The number of carbonyl (C=O) groups is 1. The molecule has 1 unspecified atom stereocenters. The normalized spacial score (nSPS) is 14.2. The Morgan fingerprint density at radius 2 is 1.79 bits per heavy atom. The second kappa shape index (κ2) is 13.9. The largest absolute Gasteiger partial charge is 0.490 e. The molecule has 0 aliphatic carbocycles. The van der Waals surface area contributed by atoms with Crippen LogP contribution >= 0.6 is 39.3 Å². The van der Waals surface area contributed by atoms with Gasteiger partial charge < -0.3 is 19.5 Å². The van der Waals surface area contributed by atoms with E-state index < -0.39 is 12.0 Å². The first-order chi connectivity index (χ1) is 20.8. The van der Waals surface area contributed by atoms with Crippen LogP contribution in [0.4, 0.5) is 5.95 Å². The van der Waals surface area contributed by atoms with E-state index in [0.29, 0.717) is 62.3 Å². The van der Waals surface area contributed by atoms with E-state index in [0.717, 1.165) is 22.3 Å². The van der Waals surface area contributed by atoms with E-state index in [1.807, 2.05) is 68.4 Å². The molecular weight excluding hydrogens is 652 g/mol. The van der Waals surface area contributed by atoms with Crippen LogP contribution < -0.4 is 14.8 Å². The fourth-order valence-electron chi connectivity index (χ4n) is 4.80. The molecule has 1 aliphatic rings. The number of nitrogens with zero attached hydrogens (tertiary/aromatic N) is 3. The summed E-state index contributed by atoms with van der Waals surface area (Å²) in [6, 6.07) is 19.0. The zero-order valence-corrected chi connectivity index (χ0v) is 27.5. The lowest BCUT2D eigenvalue weighted by Gasteiger charge is -2.29. The molecule has 0 saturated carbocycles. The smallest absolute Gasteiger partial charge is 0.338 e. The van der Waals surface area contributed by atoms with Gasteiger partial charge in [-0.2, -0.15) is 4.98 Å². The number of fused-ring (bicyclic) bond motifs is 1. The molecule has 11 heteroatoms. The highest BCUT2D eigenvalue weighted by molar-refractivity contribution is 9.10. The molecule has 224 valence electrons. The third kappa shape index (κ3) is 6.87. The van der Waals surface area contributed by atoms with Crippen LogP contribution in [0.15, 0.2) is 81.6 Å². The van der Waals surface area contributed by atoms with E-state index in [4.69, 9.17) is 35.9 Å². The van der Waals surface area contributed by atoms with Gasteiger partial charge in [-0.25, -0.2) is 9.48 Å². The van der Waals surface area contributed by atoms with Crippen molar-refractivity contribution in [1.29, 1.82) is 0 Å². The standard InChI is InChI=1S/C32H32BrClN4O4S/c1-5-40-26-16-23(15-24(33)29(26)42-17-21-12-8-7-11-19(21)3)28-27(30(39)41-6-2)20(4)35-31-36-32(37-38(28)31)43-18-22-13-9-10-14-25(22)34/h7-16,28H,5-6,17-18H2,1-4H3,(H,35,36,37). The Kier molecular flexibility index (Phi) is 10.00. The number of aryl methyl sites for hydroxylation is 1. The number of esters is 1. The van der Waals surface area contributed by atoms with Gasteiger partial charge in [0.1, 0.15) is 12.6 Å². The average molecular weight is 684 g/mol. The van der Waals surface area contributed by atoms with Crippen molar-refractivity contribution in [3.05, 3.63) is 104 Å². The molecule has 2 heterocycles. The van der Waals surface area contributed by atoms with E-state index >= 15 is 0 Å². The molecule has 5 rings (SSSR count). The Bertz CT molecular complexity index is 1680. The molecule has 0 saturated heterocycles. The number of nitrogens with one attached hydrogen (secondary N) is 1. The van der Waals surface area contributed by atoms with Gasteiger partial charge in [-0.1, -0.05) is 65.8 Å². The molecule has 43 heavy (non-hydrogen) atoms. The number of ether oxygens (including phenoxy) is 3. The van der Waals surface area contributed by atoms with Gasteiger partial charge in [0.15, 0.2) is 11.5 Å². The summed E-state index contributed by atoms with van der Waals surface area (Å²) < 4.78 is 20.3. The Morgan fingerprint density at radius 1 is 1.05 bits per heavy atom. The van der Waals surface area contributed by atoms with E-state index in [1.54, 1.807) is 11.6 Å². The minimum Gasteiger partial charge on any atom is -0.490 e. The van der Waals surface area contributed by atoms with Gasteiger partial charge in [0, 0.05) is 16.5 Å². The molecular formula is C32H32BrClN4O4S. The number of benzene rings is 3. The predicted octanol–water partition coefficient (Wildman–Crippen LogP) is 8.12. The summed E-state index contributed by atoms with van der Waals surface area (Å²) in [5, 5.41) is 9.32. The van der Waals surface area contributed by atoms with Crippen LogP contribution in [0.3, 0.4) is 0 Å². The maximum Gasteiger partial charge on any atom is 0.338 e. The number of hydrogen-bond acceptors (Lipinski definition) is 8. The second-order valence-electron chi connectivity index (χ2n) is 9.81. The third-order valence-electron chi connectivity index (χ3n) is 6.92. The number of anilines is 1. The molecule has 8 nitrogen and oxygen atoms in total. The minimum absolute atomic E-state index is 0.241. The summed E-state index contributed by atoms with van der Waals surface area (Å²) in [5.74, 6) is 1.81. The number of carbonyl (C=O) groups excluding carboxylic acids is 1. The molecule has 4 aromatic rings. The van der Waals surface area contributed by atoms with Gasteiger partial charge in [0.2, 0.25) is 11.1 Å². The lowest BCUT2D eigenvalue weighted by molar-refractivity contribution is -0.139. The third-order valence-corrected chi connectivity index (χ3v) is 8.77. The van der Waals surface area contributed by atoms with Crippen molar-refractivity contribution in [2.45, 2.75) is 51.3 Å². The van der Waals surface area contributed by atoms with E-state index in [2.05, 4.69) is 34.2 Å². The summed E-state index contributed by atoms with van der Waals surface area (Å²) in [5.41, 5.74) is 5.04. The fourth-order valence-corrected chi connectivity index (χ4v) is 6.49. The van der Waals surface area contributed by atoms with Crippen LogP contribution in [0.25, 0.3) is 0 Å². The first-order valence-corrected chi connectivity index (χ1v) is 16.1. The van der Waals surface area contributed by atoms with Crippen molar-refractivity contribution in [3.63, 3.8) is 0 Å². The highest BCUT2D eigenvalue weighted by atomic mass is 79.9. The van der Waals surface area contributed by atoms with Gasteiger partial charge in [-0.3, -0.25) is 0 Å². The topological polar surface area (TPSA) is 87.5 Å². The summed E-state index contributed by atoms with van der Waals surface area (Å²) in [6.07, 6.45) is 0. The maximum atomic E-state index is 13.3. The zero-order chi connectivity index (χ0) is 30.5. The number of aromatic nitrogens is 3. The highest BCUT2D eigenvalue weighted by Gasteiger charge is 2.36. The average Bonchev–Trinajstić information content (AvgIpc) is 3.39. The molecule has 0 amide bonds. The molecule has 0 bridgehead atoms. The van der Waals surface area contributed by atoms with E-state index in [-0.39, 0.29) is 6.61 Å². The van der Waals surface area contributed by atoms with Gasteiger partial charge in [-0.15, -0.1) is 5.10 Å². The van der Waals surface area contributed by atoms with Gasteiger partial charge >= 0.3 is 5.97 Å². The number of thioether (sulfide) groups is 1. The number of allylic oxidation sites excluding steroid dienone is 1. The Balaban J connectivity index is 1.53. The van der Waals surface area contributed by atoms with Gasteiger partial charge in [-0.05, 0) is 84.1 Å². The fraction of sp³-hybridized carbons (Fsp3) is 0.281. The van der Waals surface area contributed by atoms with Crippen LogP contribution in [0.1, 0.15) is 49.1 Å². The lowest BCUT2D eigenvalue weighted by Crippen LogP contribution is -2.29. The zero-order valence-electron chi connectivity index (χ0n) is 24.3. The molecule has 0 fully saturated rings. The molecule has 3 aromatic carbocycles. The van der Waals surface area contributed by atoms with E-state index in [1.165, 1.54) is 11.8 Å². The minimum atomic E-state index is -0.626. The van der Waals surface area contributed by atoms with Crippen LogP contribution in [-0.4, -0.2) is 33.9 Å². The molecule has 1 aliphatic heterocycles. The Morgan fingerprint density at radius 3 is 2.51 bits per heavy atom. The van der Waals surface area contributed by atoms with Crippen LogP contribution in [0.2, 0.25) is 5.02 Å². The lowest BCUT2D eigenvalue weighted by atomic mass is 9.95. The van der Waals surface area contributed by atoms with E-state index in [9.17, 15) is 4.79 Å². The number of hydrogen-bond donors (Lipinski definition) is 1. The van der Waals surface area contributed by atoms with Gasteiger partial charge in [0.05, 0.1) is 23.3 Å². The quantitative estimate of drug-likeness (QED) is 0.125. The Labute approximate surface area is 268 Å². The SMILES string of the molecule is CCOC(=O)C1=C(C)Nc2nc(SCc3ccccc3Cl)nn2C1c1cc(Br)c(OCc2ccccc2C)c(OCC)c1. The van der Waals surface area contributed by atoms with Crippen molar-refractivity contribution >= 4 is 51.2 Å². The molecule has 0 spiro atoms. The van der Waals surface area contributed by atoms with Crippen LogP contribution in [0.5, 0.6) is 11.5 Å². The summed E-state index contributed by atoms with van der Waals surface area (Å²) >= 11 is 11.6. The number of rotatable bonds is 11. The second-order valence-corrected chi connectivity index (χ2v) is 12.0. The molecule has 1 atom stereocenters. The number of halogens is 2.